The Morgan fingerprint density at radius 1 is 1.27 bits per heavy atom. The summed E-state index contributed by atoms with van der Waals surface area (Å²) in [6, 6.07) is 14.6. The van der Waals surface area contributed by atoms with Crippen molar-refractivity contribution in [2.45, 2.75) is 6.92 Å². The molecule has 0 aliphatic rings. The minimum atomic E-state index is -0.228. The number of benzene rings is 2. The van der Waals surface area contributed by atoms with Crippen molar-refractivity contribution < 1.29 is 4.74 Å². The van der Waals surface area contributed by atoms with Gasteiger partial charge in [-0.25, -0.2) is 9.66 Å². The third-order valence-electron chi connectivity index (χ3n) is 3.63. The molecule has 0 aliphatic heterocycles. The summed E-state index contributed by atoms with van der Waals surface area (Å²) < 4.78 is 6.45. The molecule has 1 aromatic heterocycles. The SMILES string of the molecule is COc1cccc(/C=N/NC(=S)Nn2c(C)nc3ccccc3c2=O)c1. The van der Waals surface area contributed by atoms with E-state index in [4.69, 9.17) is 17.0 Å². The van der Waals surface area contributed by atoms with E-state index in [1.54, 1.807) is 38.4 Å². The van der Waals surface area contributed by atoms with Crippen molar-refractivity contribution in [3.05, 3.63) is 70.3 Å². The van der Waals surface area contributed by atoms with Crippen LogP contribution in [0.1, 0.15) is 11.4 Å². The maximum Gasteiger partial charge on any atom is 0.280 e. The second-order valence-electron chi connectivity index (χ2n) is 5.40. The summed E-state index contributed by atoms with van der Waals surface area (Å²) in [6.45, 7) is 1.73. The molecule has 2 N–H and O–H groups in total. The number of hydrogen-bond acceptors (Lipinski definition) is 5. The highest BCUT2D eigenvalue weighted by Crippen LogP contribution is 2.10. The first-order valence-corrected chi connectivity index (χ1v) is 8.22. The zero-order valence-electron chi connectivity index (χ0n) is 14.3. The molecule has 3 rings (SSSR count). The molecule has 0 radical (unpaired) electrons. The molecular weight excluding hydrogens is 350 g/mol. The van der Waals surface area contributed by atoms with E-state index in [1.165, 1.54) is 4.68 Å². The first-order valence-electron chi connectivity index (χ1n) is 7.81. The highest BCUT2D eigenvalue weighted by molar-refractivity contribution is 7.80. The molecule has 132 valence electrons. The zero-order valence-corrected chi connectivity index (χ0v) is 15.1. The van der Waals surface area contributed by atoms with Gasteiger partial charge in [0.15, 0.2) is 0 Å². The van der Waals surface area contributed by atoms with Gasteiger partial charge >= 0.3 is 0 Å². The van der Waals surface area contributed by atoms with Gasteiger partial charge in [0.05, 0.1) is 24.2 Å². The molecule has 0 bridgehead atoms. The number of ether oxygens (including phenoxy) is 1. The van der Waals surface area contributed by atoms with Crippen molar-refractivity contribution in [2.75, 3.05) is 12.5 Å². The van der Waals surface area contributed by atoms with Crippen molar-refractivity contribution in [1.29, 1.82) is 0 Å². The summed E-state index contributed by atoms with van der Waals surface area (Å²) in [5.41, 5.74) is 6.75. The third kappa shape index (κ3) is 3.86. The molecule has 0 saturated carbocycles. The first-order chi connectivity index (χ1) is 12.6. The molecule has 0 amide bonds. The van der Waals surface area contributed by atoms with Crippen molar-refractivity contribution in [2.24, 2.45) is 5.10 Å². The second-order valence-corrected chi connectivity index (χ2v) is 5.81. The van der Waals surface area contributed by atoms with Gasteiger partial charge in [0.1, 0.15) is 11.6 Å². The van der Waals surface area contributed by atoms with Crippen LogP contribution in [0.3, 0.4) is 0 Å². The summed E-state index contributed by atoms with van der Waals surface area (Å²) in [6.07, 6.45) is 1.60. The molecule has 0 unspecified atom stereocenters. The lowest BCUT2D eigenvalue weighted by Crippen LogP contribution is -2.39. The summed E-state index contributed by atoms with van der Waals surface area (Å²) >= 11 is 5.19. The number of nitrogens with zero attached hydrogens (tertiary/aromatic N) is 3. The maximum absolute atomic E-state index is 12.6. The van der Waals surface area contributed by atoms with Crippen LogP contribution >= 0.6 is 12.2 Å². The third-order valence-corrected chi connectivity index (χ3v) is 3.81. The fourth-order valence-corrected chi connectivity index (χ4v) is 2.53. The lowest BCUT2D eigenvalue weighted by molar-refractivity contribution is 0.415. The van der Waals surface area contributed by atoms with Crippen LogP contribution in [-0.2, 0) is 0 Å². The largest absolute Gasteiger partial charge is 0.497 e. The van der Waals surface area contributed by atoms with Gasteiger partial charge in [0.2, 0.25) is 5.11 Å². The van der Waals surface area contributed by atoms with E-state index in [0.717, 1.165) is 11.3 Å². The number of aromatic nitrogens is 2. The zero-order chi connectivity index (χ0) is 18.5. The average molecular weight is 367 g/mol. The van der Waals surface area contributed by atoms with Gasteiger partial charge in [-0.2, -0.15) is 5.10 Å². The van der Waals surface area contributed by atoms with E-state index in [9.17, 15) is 4.79 Å². The topological polar surface area (TPSA) is 80.5 Å². The monoisotopic (exact) mass is 367 g/mol. The van der Waals surface area contributed by atoms with Crippen LogP contribution < -0.4 is 21.1 Å². The second kappa shape index (κ2) is 7.75. The summed E-state index contributed by atoms with van der Waals surface area (Å²) in [5.74, 6) is 1.23. The highest BCUT2D eigenvalue weighted by atomic mass is 32.1. The van der Waals surface area contributed by atoms with E-state index in [2.05, 4.69) is 20.9 Å². The molecule has 8 heteroatoms. The van der Waals surface area contributed by atoms with Gasteiger partial charge in [-0.1, -0.05) is 24.3 Å². The van der Waals surface area contributed by atoms with Crippen molar-refractivity contribution in [3.63, 3.8) is 0 Å². The lowest BCUT2D eigenvalue weighted by atomic mass is 10.2. The van der Waals surface area contributed by atoms with Crippen LogP contribution in [-0.4, -0.2) is 28.1 Å². The predicted molar refractivity (Wildman–Crippen MR) is 106 cm³/mol. The Morgan fingerprint density at radius 2 is 2.08 bits per heavy atom. The molecule has 7 nitrogen and oxygen atoms in total. The van der Waals surface area contributed by atoms with E-state index in [-0.39, 0.29) is 10.7 Å². The molecule has 0 saturated heterocycles. The smallest absolute Gasteiger partial charge is 0.280 e. The molecule has 26 heavy (non-hydrogen) atoms. The summed E-state index contributed by atoms with van der Waals surface area (Å²) in [4.78, 5) is 17.0. The number of fused-ring (bicyclic) bond motifs is 1. The van der Waals surface area contributed by atoms with E-state index >= 15 is 0 Å². The molecule has 0 spiro atoms. The number of hydrogen-bond donors (Lipinski definition) is 2. The normalized spacial score (nSPS) is 10.8. The molecule has 0 aliphatic carbocycles. The van der Waals surface area contributed by atoms with Gasteiger partial charge in [-0.3, -0.25) is 15.6 Å². The number of hydrazone groups is 1. The predicted octanol–water partition coefficient (Wildman–Crippen LogP) is 2.17. The van der Waals surface area contributed by atoms with E-state index in [1.807, 2.05) is 30.3 Å². The van der Waals surface area contributed by atoms with Crippen LogP contribution in [0.4, 0.5) is 0 Å². The van der Waals surface area contributed by atoms with Crippen LogP contribution in [0.5, 0.6) is 5.75 Å². The van der Waals surface area contributed by atoms with Crippen molar-refractivity contribution >= 4 is 34.4 Å². The van der Waals surface area contributed by atoms with Gasteiger partial charge in [0, 0.05) is 0 Å². The minimum Gasteiger partial charge on any atom is -0.497 e. The Morgan fingerprint density at radius 3 is 2.88 bits per heavy atom. The molecule has 2 aromatic carbocycles. The Kier molecular flexibility index (Phi) is 5.23. The standard InChI is InChI=1S/C18H17N5O2S/c1-12-20-16-9-4-3-8-15(16)17(24)23(12)22-18(26)21-19-11-13-6-5-7-14(10-13)25-2/h3-11H,1-2H3,(H2,21,22,26)/b19-11+. The number of rotatable bonds is 4. The lowest BCUT2D eigenvalue weighted by Gasteiger charge is -2.13. The van der Waals surface area contributed by atoms with Crippen LogP contribution in [0.2, 0.25) is 0 Å². The number of nitrogens with one attached hydrogen (secondary N) is 2. The number of thiocarbonyl (C=S) groups is 1. The molecule has 0 atom stereocenters. The van der Waals surface area contributed by atoms with Gasteiger partial charge < -0.3 is 4.74 Å². The highest BCUT2D eigenvalue weighted by Gasteiger charge is 2.08. The Hall–Kier alpha value is -3.26. The van der Waals surface area contributed by atoms with Crippen LogP contribution in [0.15, 0.2) is 58.4 Å². The maximum atomic E-state index is 12.6. The molecule has 1 heterocycles. The van der Waals surface area contributed by atoms with Crippen LogP contribution in [0.25, 0.3) is 10.9 Å². The van der Waals surface area contributed by atoms with Crippen molar-refractivity contribution in [3.8, 4) is 5.75 Å². The van der Waals surface area contributed by atoms with Crippen LogP contribution in [0, 0.1) is 6.92 Å². The van der Waals surface area contributed by atoms with Crippen molar-refractivity contribution in [1.82, 2.24) is 15.1 Å². The average Bonchev–Trinajstić information content (AvgIpc) is 2.65. The van der Waals surface area contributed by atoms with Gasteiger partial charge in [-0.05, 0) is 49.0 Å². The Bertz CT molecular complexity index is 1050. The Balaban J connectivity index is 1.73. The summed E-state index contributed by atoms with van der Waals surface area (Å²) in [5, 5.41) is 4.75. The number of aryl methyl sites for hydroxylation is 1. The van der Waals surface area contributed by atoms with E-state index in [0.29, 0.717) is 16.7 Å². The number of methoxy groups -OCH3 is 1. The van der Waals surface area contributed by atoms with E-state index < -0.39 is 0 Å². The number of para-hydroxylation sites is 1. The molecular formula is C18H17N5O2S. The minimum absolute atomic E-state index is 0.173. The quantitative estimate of drug-likeness (QED) is 0.418. The fraction of sp³-hybridized carbons (Fsp3) is 0.111. The van der Waals surface area contributed by atoms with Gasteiger partial charge in [0.25, 0.3) is 5.56 Å². The summed E-state index contributed by atoms with van der Waals surface area (Å²) in [7, 11) is 1.60. The van der Waals surface area contributed by atoms with Gasteiger partial charge in [-0.15, -0.1) is 0 Å². The molecule has 0 fully saturated rings. The Labute approximate surface area is 155 Å². The first kappa shape index (κ1) is 17.6. The molecule has 3 aromatic rings. The fourth-order valence-electron chi connectivity index (χ4n) is 2.39.